The standard InChI is InChI=1S/C16H17N3O4S2/c1-19(14(10-23-2)12-5-3-4-8-17-12)25(21,22)11-6-7-13-15(9-11)24-16(20)18-13/h3-9,14H,10H2,1-2H3,(H,18,20). The number of thiazole rings is 1. The number of ether oxygens (including phenoxy) is 1. The molecule has 0 saturated heterocycles. The van der Waals surface area contributed by atoms with E-state index in [-0.39, 0.29) is 16.4 Å². The van der Waals surface area contributed by atoms with E-state index < -0.39 is 16.1 Å². The Hall–Kier alpha value is -2.07. The van der Waals surface area contributed by atoms with E-state index >= 15 is 0 Å². The summed E-state index contributed by atoms with van der Waals surface area (Å²) in [5.41, 5.74) is 1.22. The Bertz CT molecular complexity index is 1030. The van der Waals surface area contributed by atoms with Gasteiger partial charge < -0.3 is 9.72 Å². The molecule has 2 heterocycles. The van der Waals surface area contributed by atoms with Crippen molar-refractivity contribution in [2.24, 2.45) is 0 Å². The van der Waals surface area contributed by atoms with E-state index in [2.05, 4.69) is 9.97 Å². The van der Waals surface area contributed by atoms with E-state index in [1.54, 1.807) is 30.5 Å². The summed E-state index contributed by atoms with van der Waals surface area (Å²) in [5.74, 6) is 0. The van der Waals surface area contributed by atoms with Crippen molar-refractivity contribution in [2.45, 2.75) is 10.9 Å². The SMILES string of the molecule is COCC(c1ccccn1)N(C)S(=O)(=O)c1ccc2[nH]c(=O)sc2c1. The van der Waals surface area contributed by atoms with Crippen LogP contribution in [0, 0.1) is 0 Å². The maximum absolute atomic E-state index is 13.0. The van der Waals surface area contributed by atoms with Gasteiger partial charge in [-0.3, -0.25) is 9.78 Å². The van der Waals surface area contributed by atoms with Gasteiger partial charge in [-0.05, 0) is 30.3 Å². The third kappa shape index (κ3) is 3.49. The number of aromatic nitrogens is 2. The molecular weight excluding hydrogens is 362 g/mol. The Morgan fingerprint density at radius 1 is 1.32 bits per heavy atom. The Kier molecular flexibility index (Phi) is 5.00. The molecule has 0 fully saturated rings. The number of sulfonamides is 1. The van der Waals surface area contributed by atoms with Crippen LogP contribution in [-0.4, -0.2) is 43.5 Å². The molecular formula is C16H17N3O4S2. The Balaban J connectivity index is 2.02. The van der Waals surface area contributed by atoms with Crippen LogP contribution < -0.4 is 4.87 Å². The predicted octanol–water partition coefficient (Wildman–Crippen LogP) is 1.99. The van der Waals surface area contributed by atoms with Crippen LogP contribution in [0.5, 0.6) is 0 Å². The second kappa shape index (κ2) is 7.04. The number of pyridine rings is 1. The Labute approximate surface area is 149 Å². The zero-order valence-corrected chi connectivity index (χ0v) is 15.3. The van der Waals surface area contributed by atoms with E-state index in [1.165, 1.54) is 30.6 Å². The number of fused-ring (bicyclic) bond motifs is 1. The van der Waals surface area contributed by atoms with Crippen molar-refractivity contribution < 1.29 is 13.2 Å². The number of nitrogens with zero attached hydrogens (tertiary/aromatic N) is 2. The molecule has 0 amide bonds. The van der Waals surface area contributed by atoms with E-state index in [4.69, 9.17) is 4.74 Å². The summed E-state index contributed by atoms with van der Waals surface area (Å²) in [6.07, 6.45) is 1.61. The number of aromatic amines is 1. The van der Waals surface area contributed by atoms with Crippen LogP contribution in [0.3, 0.4) is 0 Å². The van der Waals surface area contributed by atoms with E-state index in [0.29, 0.717) is 15.9 Å². The lowest BCUT2D eigenvalue weighted by molar-refractivity contribution is 0.140. The molecule has 1 aromatic carbocycles. The van der Waals surface area contributed by atoms with Gasteiger partial charge in [-0.25, -0.2) is 8.42 Å². The molecule has 132 valence electrons. The zero-order chi connectivity index (χ0) is 18.0. The summed E-state index contributed by atoms with van der Waals surface area (Å²) in [5, 5.41) is 0. The van der Waals surface area contributed by atoms with Crippen molar-refractivity contribution in [1.29, 1.82) is 0 Å². The molecule has 0 radical (unpaired) electrons. The monoisotopic (exact) mass is 379 g/mol. The van der Waals surface area contributed by atoms with Crippen molar-refractivity contribution in [1.82, 2.24) is 14.3 Å². The molecule has 2 aromatic heterocycles. The van der Waals surface area contributed by atoms with Crippen molar-refractivity contribution in [3.8, 4) is 0 Å². The van der Waals surface area contributed by atoms with Crippen molar-refractivity contribution in [3.63, 3.8) is 0 Å². The zero-order valence-electron chi connectivity index (χ0n) is 13.7. The van der Waals surface area contributed by atoms with Crippen molar-refractivity contribution in [3.05, 3.63) is 58.0 Å². The largest absolute Gasteiger partial charge is 0.383 e. The van der Waals surface area contributed by atoms with Gasteiger partial charge in [0.25, 0.3) is 0 Å². The van der Waals surface area contributed by atoms with Gasteiger partial charge in [0.05, 0.1) is 33.5 Å². The highest BCUT2D eigenvalue weighted by atomic mass is 32.2. The first-order valence-corrected chi connectivity index (χ1v) is 9.70. The first-order chi connectivity index (χ1) is 11.9. The molecule has 3 rings (SSSR count). The fourth-order valence-corrected chi connectivity index (χ4v) is 4.72. The van der Waals surface area contributed by atoms with Gasteiger partial charge >= 0.3 is 4.87 Å². The van der Waals surface area contributed by atoms with E-state index in [0.717, 1.165) is 11.3 Å². The number of H-pyrrole nitrogens is 1. The molecule has 25 heavy (non-hydrogen) atoms. The number of benzene rings is 1. The lowest BCUT2D eigenvalue weighted by Crippen LogP contribution is -2.34. The molecule has 0 bridgehead atoms. The first kappa shape index (κ1) is 17.7. The minimum absolute atomic E-state index is 0.120. The molecule has 1 N–H and O–H groups in total. The van der Waals surface area contributed by atoms with Crippen molar-refractivity contribution in [2.75, 3.05) is 20.8 Å². The number of methoxy groups -OCH3 is 1. The smallest absolute Gasteiger partial charge is 0.305 e. The molecule has 9 heteroatoms. The minimum atomic E-state index is -3.79. The maximum Gasteiger partial charge on any atom is 0.305 e. The molecule has 0 aliphatic rings. The third-order valence-corrected chi connectivity index (χ3v) is 6.57. The van der Waals surface area contributed by atoms with Crippen LogP contribution in [0.25, 0.3) is 10.2 Å². The predicted molar refractivity (Wildman–Crippen MR) is 96.2 cm³/mol. The quantitative estimate of drug-likeness (QED) is 0.707. The summed E-state index contributed by atoms with van der Waals surface area (Å²) < 4.78 is 33.1. The average molecular weight is 379 g/mol. The number of likely N-dealkylation sites (N-methyl/N-ethyl adjacent to an activating group) is 1. The molecule has 1 unspecified atom stereocenters. The lowest BCUT2D eigenvalue weighted by Gasteiger charge is -2.26. The van der Waals surface area contributed by atoms with Gasteiger partial charge in [0.15, 0.2) is 0 Å². The number of rotatable bonds is 6. The van der Waals surface area contributed by atoms with Crippen molar-refractivity contribution >= 4 is 31.6 Å². The number of nitrogens with one attached hydrogen (secondary N) is 1. The summed E-state index contributed by atoms with van der Waals surface area (Å²) in [6, 6.07) is 9.36. The molecule has 1 atom stereocenters. The molecule has 0 aliphatic carbocycles. The molecule has 0 spiro atoms. The van der Waals surface area contributed by atoms with Gasteiger partial charge in [0.1, 0.15) is 0 Å². The van der Waals surface area contributed by atoms with Crippen LogP contribution in [0.2, 0.25) is 0 Å². The second-order valence-electron chi connectivity index (χ2n) is 5.42. The van der Waals surface area contributed by atoms with Crippen LogP contribution >= 0.6 is 11.3 Å². The number of hydrogen-bond donors (Lipinski definition) is 1. The Morgan fingerprint density at radius 2 is 2.12 bits per heavy atom. The van der Waals surface area contributed by atoms with E-state index in [1.807, 2.05) is 0 Å². The average Bonchev–Trinajstić information content (AvgIpc) is 2.99. The molecule has 0 aliphatic heterocycles. The molecule has 7 nitrogen and oxygen atoms in total. The fourth-order valence-electron chi connectivity index (χ4n) is 2.53. The highest BCUT2D eigenvalue weighted by Crippen LogP contribution is 2.27. The minimum Gasteiger partial charge on any atom is -0.383 e. The van der Waals surface area contributed by atoms with Crippen LogP contribution in [0.4, 0.5) is 0 Å². The molecule has 3 aromatic rings. The van der Waals surface area contributed by atoms with Crippen LogP contribution in [0.1, 0.15) is 11.7 Å². The van der Waals surface area contributed by atoms with Gasteiger partial charge in [0.2, 0.25) is 10.0 Å². The fraction of sp³-hybridized carbons (Fsp3) is 0.250. The summed E-state index contributed by atoms with van der Waals surface area (Å²) >= 11 is 0.978. The van der Waals surface area contributed by atoms with Crippen LogP contribution in [-0.2, 0) is 14.8 Å². The first-order valence-electron chi connectivity index (χ1n) is 7.44. The summed E-state index contributed by atoms with van der Waals surface area (Å²) in [7, 11) is -0.776. The van der Waals surface area contributed by atoms with E-state index in [9.17, 15) is 13.2 Å². The van der Waals surface area contributed by atoms with Gasteiger partial charge in [-0.15, -0.1) is 0 Å². The lowest BCUT2D eigenvalue weighted by atomic mass is 10.2. The van der Waals surface area contributed by atoms with Gasteiger partial charge in [-0.2, -0.15) is 4.31 Å². The summed E-state index contributed by atoms with van der Waals surface area (Å²) in [4.78, 5) is 18.3. The highest BCUT2D eigenvalue weighted by molar-refractivity contribution is 7.89. The number of hydrogen-bond acceptors (Lipinski definition) is 6. The Morgan fingerprint density at radius 3 is 2.80 bits per heavy atom. The summed E-state index contributed by atoms with van der Waals surface area (Å²) in [6.45, 7) is 0.173. The maximum atomic E-state index is 13.0. The highest BCUT2D eigenvalue weighted by Gasteiger charge is 2.30. The van der Waals surface area contributed by atoms with Crippen LogP contribution in [0.15, 0.2) is 52.3 Å². The topological polar surface area (TPSA) is 92.4 Å². The molecule has 0 saturated carbocycles. The normalized spacial score (nSPS) is 13.4. The second-order valence-corrected chi connectivity index (χ2v) is 8.43. The van der Waals surface area contributed by atoms with Gasteiger partial charge in [0, 0.05) is 20.4 Å². The van der Waals surface area contributed by atoms with Gasteiger partial charge in [-0.1, -0.05) is 17.4 Å². The third-order valence-electron chi connectivity index (χ3n) is 3.86.